The molecule has 1 fully saturated rings. The molecule has 0 bridgehead atoms. The van der Waals surface area contributed by atoms with E-state index >= 15 is 0 Å². The zero-order valence-electron chi connectivity index (χ0n) is 9.98. The Bertz CT molecular complexity index is 486. The number of aromatic amines is 1. The number of hydrogen-bond acceptors (Lipinski definition) is 2. The first kappa shape index (κ1) is 10.7. The average Bonchev–Trinajstić information content (AvgIpc) is 2.99. The number of rotatable bonds is 4. The maximum Gasteiger partial charge on any atom is 0.143 e. The first-order chi connectivity index (χ1) is 8.43. The summed E-state index contributed by atoms with van der Waals surface area (Å²) in [5, 5.41) is 1.21. The third kappa shape index (κ3) is 2.29. The van der Waals surface area contributed by atoms with Crippen LogP contribution in [0, 0.1) is 0 Å². The number of likely N-dealkylation sites (tertiary alicyclic amines) is 1. The first-order valence-corrected chi connectivity index (χ1v) is 6.35. The van der Waals surface area contributed by atoms with Gasteiger partial charge in [0, 0.05) is 18.1 Å². The highest BCUT2D eigenvalue weighted by Gasteiger charge is 2.11. The van der Waals surface area contributed by atoms with Crippen molar-refractivity contribution in [2.24, 2.45) is 0 Å². The predicted molar refractivity (Wildman–Crippen MR) is 69.5 cm³/mol. The molecule has 0 unspecified atom stereocenters. The zero-order valence-corrected chi connectivity index (χ0v) is 9.98. The molecule has 2 heterocycles. The molecule has 1 aromatic heterocycles. The molecule has 1 saturated heterocycles. The fraction of sp³-hybridized carbons (Fsp3) is 0.429. The molecule has 1 aliphatic rings. The summed E-state index contributed by atoms with van der Waals surface area (Å²) in [5.41, 5.74) is 1.11. The average molecular weight is 230 g/mol. The van der Waals surface area contributed by atoms with Gasteiger partial charge in [0.05, 0.1) is 5.52 Å². The van der Waals surface area contributed by atoms with E-state index in [0.29, 0.717) is 0 Å². The molecule has 1 aliphatic heterocycles. The molecule has 0 amide bonds. The van der Waals surface area contributed by atoms with E-state index in [1.165, 1.54) is 31.3 Å². The van der Waals surface area contributed by atoms with Crippen LogP contribution in [-0.2, 0) is 0 Å². The van der Waals surface area contributed by atoms with Gasteiger partial charge in [-0.2, -0.15) is 0 Å². The molecule has 0 radical (unpaired) electrons. The van der Waals surface area contributed by atoms with E-state index in [2.05, 4.69) is 22.0 Å². The lowest BCUT2D eigenvalue weighted by Gasteiger charge is -2.15. The fourth-order valence-corrected chi connectivity index (χ4v) is 2.47. The van der Waals surface area contributed by atoms with Crippen molar-refractivity contribution >= 4 is 10.9 Å². The van der Waals surface area contributed by atoms with Crippen LogP contribution in [0.25, 0.3) is 10.9 Å². The van der Waals surface area contributed by atoms with Crippen LogP contribution in [0.2, 0.25) is 0 Å². The molecule has 0 saturated carbocycles. The minimum Gasteiger partial charge on any atom is -0.490 e. The van der Waals surface area contributed by atoms with Gasteiger partial charge in [-0.1, -0.05) is 12.1 Å². The SMILES string of the molecule is c1cc(OCCN2CCCC2)c2[nH]ccc2c1. The molecule has 3 heteroatoms. The minimum atomic E-state index is 0.776. The molecule has 0 atom stereocenters. The number of para-hydroxylation sites is 1. The minimum absolute atomic E-state index is 0.776. The smallest absolute Gasteiger partial charge is 0.143 e. The van der Waals surface area contributed by atoms with Gasteiger partial charge in [-0.15, -0.1) is 0 Å². The van der Waals surface area contributed by atoms with Crippen molar-refractivity contribution in [2.75, 3.05) is 26.2 Å². The number of fused-ring (bicyclic) bond motifs is 1. The number of nitrogens with zero attached hydrogens (tertiary/aromatic N) is 1. The Morgan fingerprint density at radius 3 is 2.94 bits per heavy atom. The van der Waals surface area contributed by atoms with Gasteiger partial charge in [0.25, 0.3) is 0 Å². The predicted octanol–water partition coefficient (Wildman–Crippen LogP) is 2.64. The number of benzene rings is 1. The lowest BCUT2D eigenvalue weighted by atomic mass is 10.2. The summed E-state index contributed by atoms with van der Waals surface area (Å²) in [4.78, 5) is 5.70. The molecule has 3 rings (SSSR count). The van der Waals surface area contributed by atoms with Crippen LogP contribution in [-0.4, -0.2) is 36.1 Å². The summed E-state index contributed by atoms with van der Waals surface area (Å²) < 4.78 is 5.87. The third-order valence-corrected chi connectivity index (χ3v) is 3.41. The standard InChI is InChI=1S/C14H18N2O/c1-2-9-16(8-1)10-11-17-13-5-3-4-12-6-7-15-14(12)13/h3-7,15H,1-2,8-11H2. The Balaban J connectivity index is 1.62. The van der Waals surface area contributed by atoms with Crippen LogP contribution in [0.5, 0.6) is 5.75 Å². The zero-order chi connectivity index (χ0) is 11.5. The number of nitrogens with one attached hydrogen (secondary N) is 1. The van der Waals surface area contributed by atoms with Crippen LogP contribution in [0.15, 0.2) is 30.5 Å². The number of hydrogen-bond donors (Lipinski definition) is 1. The van der Waals surface area contributed by atoms with Crippen molar-refractivity contribution in [3.8, 4) is 5.75 Å². The van der Waals surface area contributed by atoms with Crippen LogP contribution in [0.3, 0.4) is 0 Å². The van der Waals surface area contributed by atoms with Gasteiger partial charge in [-0.25, -0.2) is 0 Å². The van der Waals surface area contributed by atoms with Gasteiger partial charge in [0.15, 0.2) is 0 Å². The highest BCUT2D eigenvalue weighted by atomic mass is 16.5. The summed E-state index contributed by atoms with van der Waals surface area (Å²) >= 11 is 0. The molecular weight excluding hydrogens is 212 g/mol. The van der Waals surface area contributed by atoms with Crippen LogP contribution in [0.1, 0.15) is 12.8 Å². The van der Waals surface area contributed by atoms with Crippen molar-refractivity contribution in [3.05, 3.63) is 30.5 Å². The Morgan fingerprint density at radius 1 is 1.18 bits per heavy atom. The number of aromatic nitrogens is 1. The first-order valence-electron chi connectivity index (χ1n) is 6.35. The van der Waals surface area contributed by atoms with Crippen molar-refractivity contribution in [1.82, 2.24) is 9.88 Å². The lowest BCUT2D eigenvalue weighted by molar-refractivity contribution is 0.239. The van der Waals surface area contributed by atoms with Crippen molar-refractivity contribution in [1.29, 1.82) is 0 Å². The van der Waals surface area contributed by atoms with Crippen molar-refractivity contribution in [2.45, 2.75) is 12.8 Å². The molecular formula is C14H18N2O. The normalized spacial score (nSPS) is 16.7. The molecule has 0 spiro atoms. The summed E-state index contributed by atoms with van der Waals surface area (Å²) in [7, 11) is 0. The number of ether oxygens (including phenoxy) is 1. The quantitative estimate of drug-likeness (QED) is 0.874. The highest BCUT2D eigenvalue weighted by molar-refractivity contribution is 5.85. The largest absolute Gasteiger partial charge is 0.490 e. The van der Waals surface area contributed by atoms with Crippen molar-refractivity contribution < 1.29 is 4.74 Å². The van der Waals surface area contributed by atoms with Crippen LogP contribution >= 0.6 is 0 Å². The molecule has 90 valence electrons. The topological polar surface area (TPSA) is 28.3 Å². The third-order valence-electron chi connectivity index (χ3n) is 3.41. The van der Waals surface area contributed by atoms with Crippen LogP contribution in [0.4, 0.5) is 0 Å². The van der Waals surface area contributed by atoms with Gasteiger partial charge in [0.2, 0.25) is 0 Å². The second kappa shape index (κ2) is 4.80. The van der Waals surface area contributed by atoms with E-state index in [-0.39, 0.29) is 0 Å². The Kier molecular flexibility index (Phi) is 3.01. The van der Waals surface area contributed by atoms with E-state index in [1.54, 1.807) is 0 Å². The van der Waals surface area contributed by atoms with Gasteiger partial charge in [0.1, 0.15) is 12.4 Å². The summed E-state index contributed by atoms with van der Waals surface area (Å²) in [6.45, 7) is 4.28. The molecule has 1 aromatic carbocycles. The molecule has 1 N–H and O–H groups in total. The fourth-order valence-electron chi connectivity index (χ4n) is 2.47. The molecule has 17 heavy (non-hydrogen) atoms. The maximum atomic E-state index is 5.87. The monoisotopic (exact) mass is 230 g/mol. The summed E-state index contributed by atoms with van der Waals surface area (Å²) in [5.74, 6) is 0.965. The second-order valence-electron chi connectivity index (χ2n) is 4.60. The lowest BCUT2D eigenvalue weighted by Crippen LogP contribution is -2.25. The Hall–Kier alpha value is -1.48. The van der Waals surface area contributed by atoms with E-state index in [4.69, 9.17) is 4.74 Å². The Morgan fingerprint density at radius 2 is 2.06 bits per heavy atom. The van der Waals surface area contributed by atoms with Gasteiger partial charge < -0.3 is 9.72 Å². The van der Waals surface area contributed by atoms with Crippen molar-refractivity contribution in [3.63, 3.8) is 0 Å². The number of H-pyrrole nitrogens is 1. The van der Waals surface area contributed by atoms with Gasteiger partial charge in [-0.05, 0) is 38.1 Å². The van der Waals surface area contributed by atoms with Crippen LogP contribution < -0.4 is 4.74 Å². The van der Waals surface area contributed by atoms with E-state index < -0.39 is 0 Å². The highest BCUT2D eigenvalue weighted by Crippen LogP contribution is 2.23. The molecule has 0 aliphatic carbocycles. The molecule has 3 nitrogen and oxygen atoms in total. The summed E-state index contributed by atoms with van der Waals surface area (Å²) in [6, 6.07) is 8.24. The van der Waals surface area contributed by atoms with Gasteiger partial charge in [-0.3, -0.25) is 4.90 Å². The molecule has 2 aromatic rings. The summed E-state index contributed by atoms with van der Waals surface area (Å²) in [6.07, 6.45) is 4.64. The Labute approximate surface area is 101 Å². The van der Waals surface area contributed by atoms with E-state index in [9.17, 15) is 0 Å². The van der Waals surface area contributed by atoms with E-state index in [0.717, 1.165) is 24.4 Å². The second-order valence-corrected chi connectivity index (χ2v) is 4.60. The van der Waals surface area contributed by atoms with E-state index in [1.807, 2.05) is 18.3 Å². The van der Waals surface area contributed by atoms with Gasteiger partial charge >= 0.3 is 0 Å². The maximum absolute atomic E-state index is 5.87.